The Balaban J connectivity index is 1.57. The topological polar surface area (TPSA) is 60.4 Å². The van der Waals surface area contributed by atoms with Crippen LogP contribution in [-0.4, -0.2) is 34.8 Å². The first-order valence-corrected chi connectivity index (χ1v) is 11.2. The Morgan fingerprint density at radius 3 is 2.45 bits per heavy atom. The molecule has 3 aromatic rings. The summed E-state index contributed by atoms with van der Waals surface area (Å²) in [6, 6.07) is 16.9. The summed E-state index contributed by atoms with van der Waals surface area (Å²) in [6.07, 6.45) is 2.21. The number of fused-ring (bicyclic) bond motifs is 1. The highest BCUT2D eigenvalue weighted by Crippen LogP contribution is 2.34. The molecule has 31 heavy (non-hydrogen) atoms. The summed E-state index contributed by atoms with van der Waals surface area (Å²) >= 11 is 0. The van der Waals surface area contributed by atoms with E-state index in [0.717, 1.165) is 42.8 Å². The molecule has 5 heteroatoms. The molecule has 0 amide bonds. The summed E-state index contributed by atoms with van der Waals surface area (Å²) < 4.78 is 0. The van der Waals surface area contributed by atoms with E-state index in [1.54, 1.807) is 6.07 Å². The molecule has 164 valence electrons. The number of para-hydroxylation sites is 1. The number of piperidine rings is 1. The molecule has 1 aromatic heterocycles. The van der Waals surface area contributed by atoms with Crippen molar-refractivity contribution in [2.24, 2.45) is 0 Å². The number of aromatic nitrogens is 1. The van der Waals surface area contributed by atoms with E-state index >= 15 is 0 Å². The molecule has 0 radical (unpaired) electrons. The lowest BCUT2D eigenvalue weighted by atomic mass is 9.99. The average molecular weight is 419 g/mol. The third-order valence-corrected chi connectivity index (χ3v) is 5.86. The van der Waals surface area contributed by atoms with E-state index < -0.39 is 0 Å². The molecule has 0 unspecified atom stereocenters. The Morgan fingerprint density at radius 2 is 1.77 bits per heavy atom. The molecule has 4 rings (SSSR count). The number of phenols is 1. The zero-order valence-electron chi connectivity index (χ0n) is 19.1. The maximum Gasteiger partial charge on any atom is 0.141 e. The van der Waals surface area contributed by atoms with Gasteiger partial charge in [0.25, 0.3) is 0 Å². The third-order valence-electron chi connectivity index (χ3n) is 5.86. The zero-order valence-corrected chi connectivity index (χ0v) is 19.1. The van der Waals surface area contributed by atoms with Crippen LogP contribution in [0.5, 0.6) is 5.75 Å². The van der Waals surface area contributed by atoms with Gasteiger partial charge in [-0.15, -0.1) is 0 Å². The highest BCUT2D eigenvalue weighted by Gasteiger charge is 2.24. The fraction of sp³-hybridized carbons (Fsp3) is 0.423. The number of rotatable bonds is 5. The largest absolute Gasteiger partial charge is 0.506 e. The maximum atomic E-state index is 10.5. The first kappa shape index (κ1) is 21.4. The minimum absolute atomic E-state index is 0.134. The Bertz CT molecular complexity index is 1030. The van der Waals surface area contributed by atoms with Crippen LogP contribution in [0.3, 0.4) is 0 Å². The molecular weight excluding hydrogens is 384 g/mol. The van der Waals surface area contributed by atoms with Crippen LogP contribution in [0.15, 0.2) is 48.5 Å². The van der Waals surface area contributed by atoms with Gasteiger partial charge in [-0.1, -0.05) is 42.0 Å². The summed E-state index contributed by atoms with van der Waals surface area (Å²) in [5.74, 6) is 1.02. The minimum Gasteiger partial charge on any atom is -0.506 e. The molecule has 3 N–H and O–H groups in total. The number of pyridine rings is 1. The molecule has 5 nitrogen and oxygen atoms in total. The molecule has 0 aliphatic carbocycles. The molecule has 1 aliphatic heterocycles. The summed E-state index contributed by atoms with van der Waals surface area (Å²) in [7, 11) is 0. The number of hydrogen-bond acceptors (Lipinski definition) is 5. The number of aromatic hydroxyl groups is 1. The van der Waals surface area contributed by atoms with E-state index in [1.165, 1.54) is 11.1 Å². The SMILES string of the molecule is Cc1ccc(CNc2cc(N3CCC(NC(C)(C)C)CC3)c3cccc(O)c3n2)cc1. The van der Waals surface area contributed by atoms with Gasteiger partial charge in [-0.25, -0.2) is 4.98 Å². The van der Waals surface area contributed by atoms with Gasteiger partial charge < -0.3 is 20.6 Å². The van der Waals surface area contributed by atoms with Gasteiger partial charge in [0.2, 0.25) is 0 Å². The van der Waals surface area contributed by atoms with Gasteiger partial charge in [-0.05, 0) is 52.2 Å². The van der Waals surface area contributed by atoms with Crippen molar-refractivity contribution in [2.75, 3.05) is 23.3 Å². The van der Waals surface area contributed by atoms with Gasteiger partial charge in [-0.2, -0.15) is 0 Å². The van der Waals surface area contributed by atoms with Crippen LogP contribution in [0, 0.1) is 6.92 Å². The fourth-order valence-corrected chi connectivity index (χ4v) is 4.34. The summed E-state index contributed by atoms with van der Waals surface area (Å²) in [4.78, 5) is 7.16. The Morgan fingerprint density at radius 1 is 1.06 bits per heavy atom. The van der Waals surface area contributed by atoms with Crippen LogP contribution in [0.25, 0.3) is 10.9 Å². The number of benzene rings is 2. The quantitative estimate of drug-likeness (QED) is 0.530. The Labute approximate surface area is 185 Å². The van der Waals surface area contributed by atoms with Gasteiger partial charge in [0.1, 0.15) is 17.1 Å². The Hall–Kier alpha value is -2.79. The van der Waals surface area contributed by atoms with Crippen molar-refractivity contribution in [3.05, 3.63) is 59.7 Å². The van der Waals surface area contributed by atoms with Gasteiger partial charge in [0, 0.05) is 48.4 Å². The number of hydrogen-bond donors (Lipinski definition) is 3. The Kier molecular flexibility index (Phi) is 6.05. The average Bonchev–Trinajstić information content (AvgIpc) is 2.73. The molecular formula is C26H34N4O. The van der Waals surface area contributed by atoms with Crippen LogP contribution in [0.1, 0.15) is 44.7 Å². The van der Waals surface area contributed by atoms with E-state index in [0.29, 0.717) is 18.1 Å². The monoisotopic (exact) mass is 418 g/mol. The second kappa shape index (κ2) is 8.75. The van der Waals surface area contributed by atoms with Crippen LogP contribution in [-0.2, 0) is 6.54 Å². The van der Waals surface area contributed by atoms with Crippen molar-refractivity contribution < 1.29 is 5.11 Å². The maximum absolute atomic E-state index is 10.5. The minimum atomic E-state index is 0.134. The van der Waals surface area contributed by atoms with Crippen molar-refractivity contribution in [2.45, 2.75) is 58.7 Å². The first-order valence-electron chi connectivity index (χ1n) is 11.2. The molecule has 1 saturated heterocycles. The fourth-order valence-electron chi connectivity index (χ4n) is 4.34. The lowest BCUT2D eigenvalue weighted by Crippen LogP contribution is -2.49. The van der Waals surface area contributed by atoms with E-state index in [1.807, 2.05) is 6.07 Å². The molecule has 2 heterocycles. The highest BCUT2D eigenvalue weighted by molar-refractivity contribution is 5.96. The normalized spacial score (nSPS) is 15.4. The van der Waals surface area contributed by atoms with Gasteiger partial charge in [0.15, 0.2) is 0 Å². The van der Waals surface area contributed by atoms with Crippen LogP contribution < -0.4 is 15.5 Å². The summed E-state index contributed by atoms with van der Waals surface area (Å²) in [5.41, 5.74) is 4.39. The molecule has 1 aliphatic rings. The predicted octanol–water partition coefficient (Wildman–Crippen LogP) is 5.22. The zero-order chi connectivity index (χ0) is 22.0. The molecule has 2 aromatic carbocycles. The second-order valence-corrected chi connectivity index (χ2v) is 9.69. The number of nitrogens with one attached hydrogen (secondary N) is 2. The van der Waals surface area contributed by atoms with Crippen molar-refractivity contribution in [3.63, 3.8) is 0 Å². The van der Waals surface area contributed by atoms with E-state index in [-0.39, 0.29) is 11.3 Å². The summed E-state index contributed by atoms with van der Waals surface area (Å²) in [6.45, 7) is 11.4. The highest BCUT2D eigenvalue weighted by atomic mass is 16.3. The second-order valence-electron chi connectivity index (χ2n) is 9.69. The molecule has 0 atom stereocenters. The number of anilines is 2. The molecule has 0 bridgehead atoms. The van der Waals surface area contributed by atoms with Crippen LogP contribution in [0.4, 0.5) is 11.5 Å². The van der Waals surface area contributed by atoms with Gasteiger partial charge >= 0.3 is 0 Å². The number of phenolic OH excluding ortho intramolecular Hbond substituents is 1. The first-order chi connectivity index (χ1) is 14.8. The molecule has 0 spiro atoms. The number of aryl methyl sites for hydroxylation is 1. The van der Waals surface area contributed by atoms with Crippen molar-refractivity contribution in [1.82, 2.24) is 10.3 Å². The van der Waals surface area contributed by atoms with E-state index in [4.69, 9.17) is 4.98 Å². The van der Waals surface area contributed by atoms with Crippen molar-refractivity contribution in [3.8, 4) is 5.75 Å². The number of nitrogens with zero attached hydrogens (tertiary/aromatic N) is 2. The molecule has 0 saturated carbocycles. The lowest BCUT2D eigenvalue weighted by molar-refractivity contribution is 0.317. The standard InChI is InChI=1S/C26H34N4O/c1-18-8-10-19(11-9-18)17-27-24-16-22(21-6-5-7-23(31)25(21)28-24)30-14-12-20(13-15-30)29-26(2,3)4/h5-11,16,20,29,31H,12-15,17H2,1-4H3,(H,27,28). The smallest absolute Gasteiger partial charge is 0.141 e. The third kappa shape index (κ3) is 5.28. The van der Waals surface area contributed by atoms with Gasteiger partial charge in [0.05, 0.1) is 0 Å². The lowest BCUT2D eigenvalue weighted by Gasteiger charge is -2.37. The summed E-state index contributed by atoms with van der Waals surface area (Å²) in [5, 5.41) is 18.7. The van der Waals surface area contributed by atoms with Crippen LogP contribution >= 0.6 is 0 Å². The van der Waals surface area contributed by atoms with Crippen LogP contribution in [0.2, 0.25) is 0 Å². The molecule has 1 fully saturated rings. The van der Waals surface area contributed by atoms with Gasteiger partial charge in [-0.3, -0.25) is 0 Å². The van der Waals surface area contributed by atoms with Crippen molar-refractivity contribution >= 4 is 22.4 Å². The van der Waals surface area contributed by atoms with E-state index in [9.17, 15) is 5.11 Å². The predicted molar refractivity (Wildman–Crippen MR) is 130 cm³/mol. The van der Waals surface area contributed by atoms with Crippen molar-refractivity contribution in [1.29, 1.82) is 0 Å². The van der Waals surface area contributed by atoms with E-state index in [2.05, 4.69) is 79.6 Å².